The Hall–Kier alpha value is -2.33. The zero-order valence-corrected chi connectivity index (χ0v) is 13.2. The fourth-order valence-electron chi connectivity index (χ4n) is 2.47. The van der Waals surface area contributed by atoms with Crippen molar-refractivity contribution in [2.24, 2.45) is 0 Å². The number of nitrogens with zero attached hydrogens (tertiary/aromatic N) is 3. The minimum absolute atomic E-state index is 0.0853. The number of aromatic nitrogens is 2. The van der Waals surface area contributed by atoms with Gasteiger partial charge in [0.25, 0.3) is 5.91 Å². The number of carbonyl (C=O) groups excluding carboxylic acids is 1. The minimum Gasteiger partial charge on any atom is -0.310 e. The van der Waals surface area contributed by atoms with E-state index < -0.39 is 0 Å². The summed E-state index contributed by atoms with van der Waals surface area (Å²) >= 11 is 6.01. The summed E-state index contributed by atoms with van der Waals surface area (Å²) in [5.41, 5.74) is 2.89. The van der Waals surface area contributed by atoms with Crippen LogP contribution in [0.15, 0.2) is 48.7 Å². The van der Waals surface area contributed by atoms with Gasteiger partial charge in [0.1, 0.15) is 11.3 Å². The van der Waals surface area contributed by atoms with Gasteiger partial charge in [-0.1, -0.05) is 36.7 Å². The maximum absolute atomic E-state index is 12.9. The largest absolute Gasteiger partial charge is 0.310 e. The van der Waals surface area contributed by atoms with Crippen LogP contribution in [-0.4, -0.2) is 22.3 Å². The molecule has 0 spiro atoms. The molecule has 0 atom stereocenters. The van der Waals surface area contributed by atoms with Crippen molar-refractivity contribution in [2.75, 3.05) is 11.9 Å². The average Bonchev–Trinajstić information content (AvgIpc) is 2.91. The summed E-state index contributed by atoms with van der Waals surface area (Å²) in [6.45, 7) is 1.99. The molecule has 1 amide bonds. The fraction of sp³-hybridized carbons (Fsp3) is 0.176. The molecule has 0 bridgehead atoms. The molecule has 3 aromatic rings. The van der Waals surface area contributed by atoms with E-state index in [0.717, 1.165) is 11.4 Å². The van der Waals surface area contributed by atoms with Crippen molar-refractivity contribution in [3.63, 3.8) is 0 Å². The summed E-state index contributed by atoms with van der Waals surface area (Å²) in [4.78, 5) is 19.1. The number of anilines is 1. The maximum atomic E-state index is 12.9. The van der Waals surface area contributed by atoms with Crippen LogP contribution in [0.1, 0.15) is 23.1 Å². The van der Waals surface area contributed by atoms with Crippen molar-refractivity contribution < 1.29 is 4.79 Å². The summed E-state index contributed by atoms with van der Waals surface area (Å²) in [6, 6.07) is 13.1. The van der Waals surface area contributed by atoms with Gasteiger partial charge in [-0.2, -0.15) is 0 Å². The monoisotopic (exact) mass is 313 g/mol. The normalized spacial score (nSPS) is 10.9. The first-order valence-electron chi connectivity index (χ1n) is 7.11. The van der Waals surface area contributed by atoms with Gasteiger partial charge in [-0.25, -0.2) is 4.98 Å². The summed E-state index contributed by atoms with van der Waals surface area (Å²) in [7, 11) is 1.77. The number of aryl methyl sites for hydroxylation is 1. The molecule has 0 saturated carbocycles. The summed E-state index contributed by atoms with van der Waals surface area (Å²) < 4.78 is 1.80. The highest BCUT2D eigenvalue weighted by molar-refractivity contribution is 6.30. The van der Waals surface area contributed by atoms with E-state index in [9.17, 15) is 4.79 Å². The molecule has 2 heterocycles. The first-order valence-corrected chi connectivity index (χ1v) is 7.49. The number of rotatable bonds is 3. The lowest BCUT2D eigenvalue weighted by Gasteiger charge is -2.17. The Morgan fingerprint density at radius 3 is 2.68 bits per heavy atom. The van der Waals surface area contributed by atoms with E-state index in [1.165, 1.54) is 0 Å². The Morgan fingerprint density at radius 1 is 1.27 bits per heavy atom. The smallest absolute Gasteiger partial charge is 0.276 e. The third-order valence-corrected chi connectivity index (χ3v) is 3.88. The highest BCUT2D eigenvalue weighted by Gasteiger charge is 2.22. The van der Waals surface area contributed by atoms with Crippen LogP contribution in [0.4, 0.5) is 5.69 Å². The second kappa shape index (κ2) is 5.81. The fourth-order valence-corrected chi connectivity index (χ4v) is 2.62. The van der Waals surface area contributed by atoms with E-state index in [2.05, 4.69) is 4.98 Å². The predicted octanol–water partition coefficient (Wildman–Crippen LogP) is 3.83. The molecule has 22 heavy (non-hydrogen) atoms. The lowest BCUT2D eigenvalue weighted by atomic mass is 10.2. The van der Waals surface area contributed by atoms with Crippen LogP contribution < -0.4 is 4.90 Å². The van der Waals surface area contributed by atoms with Crippen LogP contribution >= 0.6 is 11.6 Å². The van der Waals surface area contributed by atoms with Gasteiger partial charge < -0.3 is 4.90 Å². The van der Waals surface area contributed by atoms with Crippen molar-refractivity contribution in [3.05, 3.63) is 65.1 Å². The SMILES string of the molecule is CCc1nc2cc(Cl)ccn2c1C(=O)N(C)c1ccccc1. The lowest BCUT2D eigenvalue weighted by molar-refractivity contribution is 0.0986. The van der Waals surface area contributed by atoms with Crippen LogP contribution in [-0.2, 0) is 6.42 Å². The Balaban J connectivity index is 2.10. The molecule has 0 unspecified atom stereocenters. The molecule has 0 N–H and O–H groups in total. The number of benzene rings is 1. The summed E-state index contributed by atoms with van der Waals surface area (Å²) in [5.74, 6) is -0.0853. The van der Waals surface area contributed by atoms with Gasteiger partial charge in [0.05, 0.1) is 5.69 Å². The van der Waals surface area contributed by atoms with Gasteiger partial charge in [-0.3, -0.25) is 9.20 Å². The van der Waals surface area contributed by atoms with Crippen LogP contribution in [0, 0.1) is 0 Å². The Bertz CT molecular complexity index is 827. The maximum Gasteiger partial charge on any atom is 0.276 e. The number of imidazole rings is 1. The lowest BCUT2D eigenvalue weighted by Crippen LogP contribution is -2.28. The van der Waals surface area contributed by atoms with Crippen molar-refractivity contribution >= 4 is 28.8 Å². The zero-order chi connectivity index (χ0) is 15.7. The molecule has 0 aliphatic rings. The van der Waals surface area contributed by atoms with Crippen LogP contribution in [0.25, 0.3) is 5.65 Å². The number of fused-ring (bicyclic) bond motifs is 1. The van der Waals surface area contributed by atoms with Crippen LogP contribution in [0.5, 0.6) is 0 Å². The van der Waals surface area contributed by atoms with Crippen molar-refractivity contribution in [1.82, 2.24) is 9.38 Å². The first-order chi connectivity index (χ1) is 10.6. The molecule has 1 aromatic carbocycles. The topological polar surface area (TPSA) is 37.6 Å². The van der Waals surface area contributed by atoms with Crippen LogP contribution in [0.3, 0.4) is 0 Å². The molecule has 0 saturated heterocycles. The Labute approximate surface area is 134 Å². The van der Waals surface area contributed by atoms with Gasteiger partial charge in [0, 0.05) is 30.0 Å². The quantitative estimate of drug-likeness (QED) is 0.737. The van der Waals surface area contributed by atoms with Gasteiger partial charge in [-0.05, 0) is 24.6 Å². The van der Waals surface area contributed by atoms with Crippen molar-refractivity contribution in [1.29, 1.82) is 0 Å². The molecule has 0 fully saturated rings. The number of hydrogen-bond donors (Lipinski definition) is 0. The molecular formula is C17H16ClN3O. The number of amides is 1. The standard InChI is InChI=1S/C17H16ClN3O/c1-3-14-16(21-10-9-12(18)11-15(21)19-14)17(22)20(2)13-7-5-4-6-8-13/h4-11H,3H2,1-2H3. The minimum atomic E-state index is -0.0853. The number of para-hydroxylation sites is 1. The van der Waals surface area contributed by atoms with Crippen LogP contribution in [0.2, 0.25) is 5.02 Å². The molecule has 0 aliphatic heterocycles. The Kier molecular flexibility index (Phi) is 3.86. The summed E-state index contributed by atoms with van der Waals surface area (Å²) in [5, 5.41) is 0.607. The van der Waals surface area contributed by atoms with Gasteiger partial charge in [-0.15, -0.1) is 0 Å². The second-order valence-electron chi connectivity index (χ2n) is 5.03. The van der Waals surface area contributed by atoms with E-state index in [1.807, 2.05) is 37.3 Å². The molecule has 0 radical (unpaired) electrons. The summed E-state index contributed by atoms with van der Waals surface area (Å²) in [6.07, 6.45) is 2.47. The van der Waals surface area contributed by atoms with Gasteiger partial charge >= 0.3 is 0 Å². The van der Waals surface area contributed by atoms with E-state index >= 15 is 0 Å². The highest BCUT2D eigenvalue weighted by Crippen LogP contribution is 2.21. The molecule has 2 aromatic heterocycles. The van der Waals surface area contributed by atoms with Crippen molar-refractivity contribution in [3.8, 4) is 0 Å². The predicted molar refractivity (Wildman–Crippen MR) is 88.8 cm³/mol. The highest BCUT2D eigenvalue weighted by atomic mass is 35.5. The number of pyridine rings is 1. The number of hydrogen-bond acceptors (Lipinski definition) is 2. The Morgan fingerprint density at radius 2 is 2.00 bits per heavy atom. The molecule has 0 aliphatic carbocycles. The molecular weight excluding hydrogens is 298 g/mol. The zero-order valence-electron chi connectivity index (χ0n) is 12.5. The molecule has 5 heteroatoms. The first kappa shape index (κ1) is 14.6. The molecule has 112 valence electrons. The third-order valence-electron chi connectivity index (χ3n) is 3.65. The third kappa shape index (κ3) is 2.46. The molecule has 3 rings (SSSR count). The van der Waals surface area contributed by atoms with E-state index in [1.54, 1.807) is 34.7 Å². The van der Waals surface area contributed by atoms with E-state index in [-0.39, 0.29) is 5.91 Å². The van der Waals surface area contributed by atoms with Crippen molar-refractivity contribution in [2.45, 2.75) is 13.3 Å². The van der Waals surface area contributed by atoms with E-state index in [4.69, 9.17) is 11.6 Å². The average molecular weight is 314 g/mol. The number of halogens is 1. The van der Waals surface area contributed by atoms with Gasteiger partial charge in [0.15, 0.2) is 0 Å². The van der Waals surface area contributed by atoms with E-state index in [0.29, 0.717) is 22.8 Å². The second-order valence-corrected chi connectivity index (χ2v) is 5.47. The molecule has 4 nitrogen and oxygen atoms in total. The number of carbonyl (C=O) groups is 1. The van der Waals surface area contributed by atoms with Gasteiger partial charge in [0.2, 0.25) is 0 Å².